The summed E-state index contributed by atoms with van der Waals surface area (Å²) in [6.07, 6.45) is 1.16. The van der Waals surface area contributed by atoms with Crippen LogP contribution in [0.3, 0.4) is 0 Å². The van der Waals surface area contributed by atoms with Gasteiger partial charge in [0, 0.05) is 12.6 Å². The summed E-state index contributed by atoms with van der Waals surface area (Å²) in [5.41, 5.74) is 2.71. The normalized spacial score (nSPS) is 21.9. The van der Waals surface area contributed by atoms with Crippen LogP contribution in [-0.4, -0.2) is 36.2 Å². The molecule has 8 nitrogen and oxygen atoms in total. The number of amides is 2. The van der Waals surface area contributed by atoms with Crippen LogP contribution in [0.2, 0.25) is 0 Å². The minimum atomic E-state index is -0.607. The van der Waals surface area contributed by atoms with Gasteiger partial charge in [0.1, 0.15) is 0 Å². The predicted octanol–water partition coefficient (Wildman–Crippen LogP) is 5.87. The largest absolute Gasteiger partial charge is 0.433 e. The second-order valence-electron chi connectivity index (χ2n) is 10.6. The molecule has 2 N–H and O–H groups in total. The van der Waals surface area contributed by atoms with E-state index < -0.39 is 12.2 Å². The van der Waals surface area contributed by atoms with Gasteiger partial charge in [-0.15, -0.1) is 0 Å². The molecule has 8 heteroatoms. The van der Waals surface area contributed by atoms with E-state index in [1.54, 1.807) is 13.8 Å². The fourth-order valence-corrected chi connectivity index (χ4v) is 5.07. The molecule has 36 heavy (non-hydrogen) atoms. The van der Waals surface area contributed by atoms with E-state index in [4.69, 9.17) is 9.68 Å². The molecule has 192 valence electrons. The van der Waals surface area contributed by atoms with Crippen molar-refractivity contribution in [1.82, 2.24) is 10.6 Å². The van der Waals surface area contributed by atoms with Gasteiger partial charge < -0.3 is 10.6 Å². The summed E-state index contributed by atoms with van der Waals surface area (Å²) < 4.78 is 0. The van der Waals surface area contributed by atoms with Gasteiger partial charge in [-0.2, -0.15) is 0 Å². The van der Waals surface area contributed by atoms with Crippen LogP contribution >= 0.6 is 0 Å². The van der Waals surface area contributed by atoms with Crippen LogP contribution in [0.5, 0.6) is 0 Å². The molecule has 3 rings (SSSR count). The molecule has 0 heterocycles. The molecule has 2 amide bonds. The van der Waals surface area contributed by atoms with Crippen LogP contribution in [0.15, 0.2) is 71.0 Å². The van der Waals surface area contributed by atoms with Gasteiger partial charge in [0.2, 0.25) is 0 Å². The van der Waals surface area contributed by atoms with Crippen molar-refractivity contribution in [3.05, 3.63) is 71.8 Å². The van der Waals surface area contributed by atoms with E-state index in [0.29, 0.717) is 24.4 Å². The van der Waals surface area contributed by atoms with Crippen molar-refractivity contribution < 1.29 is 19.3 Å². The molecule has 0 aliphatic heterocycles. The summed E-state index contributed by atoms with van der Waals surface area (Å²) in [4.78, 5) is 34.9. The van der Waals surface area contributed by atoms with E-state index >= 15 is 0 Å². The highest BCUT2D eigenvalue weighted by atomic mass is 16.7. The first kappa shape index (κ1) is 26.9. The average molecular weight is 493 g/mol. The second-order valence-corrected chi connectivity index (χ2v) is 10.6. The van der Waals surface area contributed by atoms with Crippen LogP contribution in [0.4, 0.5) is 9.59 Å². The molecule has 1 saturated carbocycles. The summed E-state index contributed by atoms with van der Waals surface area (Å²) in [5, 5.41) is 13.7. The number of carbonyl (C=O) groups is 2. The van der Waals surface area contributed by atoms with Crippen LogP contribution in [0.25, 0.3) is 0 Å². The van der Waals surface area contributed by atoms with E-state index in [1.165, 1.54) is 0 Å². The quantitative estimate of drug-likeness (QED) is 0.287. The van der Waals surface area contributed by atoms with Crippen molar-refractivity contribution >= 4 is 23.6 Å². The van der Waals surface area contributed by atoms with Crippen molar-refractivity contribution in [3.63, 3.8) is 0 Å². The van der Waals surface area contributed by atoms with Gasteiger partial charge in [-0.3, -0.25) is 9.68 Å². The first-order chi connectivity index (χ1) is 17.1. The smallest absolute Gasteiger partial charge is 0.319 e. The zero-order chi connectivity index (χ0) is 26.2. The lowest BCUT2D eigenvalue weighted by Crippen LogP contribution is -2.50. The SMILES string of the molecule is C/C(=N\OC(=O)NCC1(C)CC(NC(=O)O/N=C(\C)c2ccccc2)CC(C)(C)C1)c1ccccc1. The van der Waals surface area contributed by atoms with Gasteiger partial charge >= 0.3 is 12.2 Å². The Hall–Kier alpha value is -3.68. The first-order valence-corrected chi connectivity index (χ1v) is 12.2. The highest BCUT2D eigenvalue weighted by molar-refractivity contribution is 5.99. The van der Waals surface area contributed by atoms with Crippen LogP contribution in [0.1, 0.15) is 65.0 Å². The van der Waals surface area contributed by atoms with E-state index in [9.17, 15) is 9.59 Å². The minimum absolute atomic E-state index is 0.0399. The van der Waals surface area contributed by atoms with Crippen molar-refractivity contribution in [2.45, 2.75) is 59.9 Å². The molecule has 0 radical (unpaired) electrons. The molecule has 1 fully saturated rings. The summed E-state index contributed by atoms with van der Waals surface area (Å²) >= 11 is 0. The molecule has 2 unspecified atom stereocenters. The Morgan fingerprint density at radius 1 is 0.833 bits per heavy atom. The van der Waals surface area contributed by atoms with Crippen LogP contribution in [-0.2, 0) is 9.68 Å². The predicted molar refractivity (Wildman–Crippen MR) is 141 cm³/mol. The van der Waals surface area contributed by atoms with E-state index in [2.05, 4.69) is 41.7 Å². The fraction of sp³-hybridized carbons (Fsp3) is 0.429. The van der Waals surface area contributed by atoms with Crippen LogP contribution < -0.4 is 10.6 Å². The molecule has 1 aliphatic carbocycles. The molecular weight excluding hydrogens is 456 g/mol. The monoisotopic (exact) mass is 492 g/mol. The third-order valence-electron chi connectivity index (χ3n) is 6.34. The number of oxime groups is 2. The third-order valence-corrected chi connectivity index (χ3v) is 6.34. The summed E-state index contributed by atoms with van der Waals surface area (Å²) in [7, 11) is 0. The summed E-state index contributed by atoms with van der Waals surface area (Å²) in [6.45, 7) is 10.4. The number of benzene rings is 2. The first-order valence-electron chi connectivity index (χ1n) is 12.2. The van der Waals surface area contributed by atoms with Crippen molar-refractivity contribution in [2.75, 3.05) is 6.54 Å². The highest BCUT2D eigenvalue weighted by Crippen LogP contribution is 2.45. The lowest BCUT2D eigenvalue weighted by Gasteiger charge is -2.46. The molecule has 0 aromatic heterocycles. The van der Waals surface area contributed by atoms with E-state index in [-0.39, 0.29) is 16.9 Å². The number of carbonyl (C=O) groups excluding carboxylic acids is 2. The molecule has 0 bridgehead atoms. The number of rotatable bonds is 7. The summed E-state index contributed by atoms with van der Waals surface area (Å²) in [6, 6.07) is 18.9. The van der Waals surface area contributed by atoms with Gasteiger partial charge in [-0.05, 0) is 55.1 Å². The van der Waals surface area contributed by atoms with Crippen molar-refractivity contribution in [1.29, 1.82) is 0 Å². The zero-order valence-electron chi connectivity index (χ0n) is 21.7. The second kappa shape index (κ2) is 11.8. The Labute approximate surface area is 213 Å². The molecule has 1 aliphatic rings. The minimum Gasteiger partial charge on any atom is -0.319 e. The average Bonchev–Trinajstić information content (AvgIpc) is 2.84. The van der Waals surface area contributed by atoms with E-state index in [1.807, 2.05) is 60.7 Å². The molecule has 2 atom stereocenters. The number of nitrogens with zero attached hydrogens (tertiary/aromatic N) is 2. The zero-order valence-corrected chi connectivity index (χ0v) is 21.7. The fourth-order valence-electron chi connectivity index (χ4n) is 5.07. The lowest BCUT2D eigenvalue weighted by molar-refractivity contribution is 0.0630. The lowest BCUT2D eigenvalue weighted by atomic mass is 9.62. The van der Waals surface area contributed by atoms with Crippen LogP contribution in [0, 0.1) is 10.8 Å². The number of hydrogen-bond donors (Lipinski definition) is 2. The third kappa shape index (κ3) is 8.22. The van der Waals surface area contributed by atoms with E-state index in [0.717, 1.165) is 24.0 Å². The molecular formula is C28H36N4O4. The Morgan fingerprint density at radius 3 is 1.86 bits per heavy atom. The molecule has 0 saturated heterocycles. The molecule has 2 aromatic carbocycles. The molecule has 2 aromatic rings. The van der Waals surface area contributed by atoms with Gasteiger partial charge in [0.05, 0.1) is 11.4 Å². The van der Waals surface area contributed by atoms with Gasteiger partial charge in [-0.1, -0.05) is 91.7 Å². The Bertz CT molecular complexity index is 1100. The highest BCUT2D eigenvalue weighted by Gasteiger charge is 2.42. The number of nitrogens with one attached hydrogen (secondary N) is 2. The maximum Gasteiger partial charge on any atom is 0.433 e. The Kier molecular flexibility index (Phi) is 8.85. The van der Waals surface area contributed by atoms with Gasteiger partial charge in [0.15, 0.2) is 0 Å². The topological polar surface area (TPSA) is 101 Å². The van der Waals surface area contributed by atoms with Crippen molar-refractivity contribution in [3.8, 4) is 0 Å². The maximum absolute atomic E-state index is 12.5. The Balaban J connectivity index is 1.53. The standard InChI is InChI=1S/C28H36N4O4/c1-20(22-12-8-6-9-13-22)31-35-25(33)29-19-28(5)17-24(16-27(3,4)18-28)30-26(34)36-32-21(2)23-14-10-7-11-15-23/h6-15,24H,16-19H2,1-5H3,(H,29,33)(H,30,34)/b31-20+,32-21+. The van der Waals surface area contributed by atoms with Gasteiger partial charge in [-0.25, -0.2) is 9.59 Å². The maximum atomic E-state index is 12.5. The van der Waals surface area contributed by atoms with Crippen molar-refractivity contribution in [2.24, 2.45) is 21.1 Å². The molecule has 0 spiro atoms. The van der Waals surface area contributed by atoms with Gasteiger partial charge in [0.25, 0.3) is 0 Å². The summed E-state index contributed by atoms with van der Waals surface area (Å²) in [5.74, 6) is 0. The Morgan fingerprint density at radius 2 is 1.33 bits per heavy atom. The number of hydrogen-bond acceptors (Lipinski definition) is 6.